The third-order valence-electron chi connectivity index (χ3n) is 2.53. The van der Waals surface area contributed by atoms with Crippen molar-refractivity contribution in [3.8, 4) is 5.75 Å². The zero-order chi connectivity index (χ0) is 11.1. The minimum Gasteiger partial charge on any atom is -0.506 e. The van der Waals surface area contributed by atoms with Crippen molar-refractivity contribution in [2.75, 3.05) is 0 Å². The molecule has 0 fully saturated rings. The predicted octanol–water partition coefficient (Wildman–Crippen LogP) is 3.24. The fourth-order valence-electron chi connectivity index (χ4n) is 1.59. The number of rotatable bonds is 0. The van der Waals surface area contributed by atoms with E-state index in [0.29, 0.717) is 0 Å². The molecule has 1 heterocycles. The van der Waals surface area contributed by atoms with Gasteiger partial charge in [-0.25, -0.2) is 0 Å². The number of aromatic nitrogens is 1. The molecule has 1 aromatic carbocycles. The van der Waals surface area contributed by atoms with Gasteiger partial charge >= 0.3 is 0 Å². The molecule has 0 amide bonds. The highest BCUT2D eigenvalue weighted by Gasteiger charge is 2.13. The van der Waals surface area contributed by atoms with Gasteiger partial charge < -0.3 is 5.11 Å². The van der Waals surface area contributed by atoms with Gasteiger partial charge in [-0.2, -0.15) is 0 Å². The van der Waals surface area contributed by atoms with Crippen molar-refractivity contribution < 1.29 is 5.11 Å². The summed E-state index contributed by atoms with van der Waals surface area (Å²) in [5.74, 6) is 0.216. The van der Waals surface area contributed by atoms with Gasteiger partial charge in [0.15, 0.2) is 0 Å². The summed E-state index contributed by atoms with van der Waals surface area (Å²) in [6, 6.07) is 7.92. The summed E-state index contributed by atoms with van der Waals surface area (Å²) >= 11 is 0. The number of fused-ring (bicyclic) bond motifs is 1. The molecule has 0 saturated heterocycles. The second kappa shape index (κ2) is 3.23. The molecule has 2 nitrogen and oxygen atoms in total. The van der Waals surface area contributed by atoms with Crippen LogP contribution in [0.3, 0.4) is 0 Å². The van der Waals surface area contributed by atoms with E-state index in [1.165, 1.54) is 11.8 Å². The van der Waals surface area contributed by atoms with Crippen LogP contribution in [0.25, 0.3) is 10.9 Å². The Hall–Kier alpha value is -1.57. The average molecular weight is 201 g/mol. The lowest BCUT2D eigenvalue weighted by molar-refractivity contribution is 0.474. The van der Waals surface area contributed by atoms with Crippen molar-refractivity contribution in [3.63, 3.8) is 0 Å². The van der Waals surface area contributed by atoms with E-state index in [1.807, 2.05) is 6.07 Å². The Morgan fingerprint density at radius 1 is 1.13 bits per heavy atom. The maximum atomic E-state index is 9.36. The zero-order valence-corrected chi connectivity index (χ0v) is 9.28. The lowest BCUT2D eigenvalue weighted by Crippen LogP contribution is -2.10. The van der Waals surface area contributed by atoms with Crippen molar-refractivity contribution in [1.29, 1.82) is 0 Å². The van der Waals surface area contributed by atoms with E-state index in [0.717, 1.165) is 10.9 Å². The van der Waals surface area contributed by atoms with Gasteiger partial charge in [-0.05, 0) is 29.2 Å². The number of pyridine rings is 1. The lowest BCUT2D eigenvalue weighted by Gasteiger charge is -2.19. The first-order valence-corrected chi connectivity index (χ1v) is 5.06. The first-order chi connectivity index (χ1) is 6.97. The Balaban J connectivity index is 2.64. The maximum absolute atomic E-state index is 9.36. The van der Waals surface area contributed by atoms with Crippen molar-refractivity contribution in [1.82, 2.24) is 4.98 Å². The van der Waals surface area contributed by atoms with E-state index in [-0.39, 0.29) is 11.2 Å². The minimum absolute atomic E-state index is 0.125. The molecule has 15 heavy (non-hydrogen) atoms. The number of nitrogens with zero attached hydrogens (tertiary/aromatic N) is 1. The van der Waals surface area contributed by atoms with Crippen molar-refractivity contribution >= 4 is 10.9 Å². The second-order valence-electron chi connectivity index (χ2n) is 4.85. The van der Waals surface area contributed by atoms with E-state index in [4.69, 9.17) is 0 Å². The van der Waals surface area contributed by atoms with Crippen LogP contribution >= 0.6 is 0 Å². The van der Waals surface area contributed by atoms with Gasteiger partial charge in [0.25, 0.3) is 0 Å². The summed E-state index contributed by atoms with van der Waals surface area (Å²) in [7, 11) is 0. The molecule has 0 aliphatic carbocycles. The summed E-state index contributed by atoms with van der Waals surface area (Å²) in [5, 5.41) is 10.3. The number of hydrogen-bond donors (Lipinski definition) is 1. The monoisotopic (exact) mass is 201 g/mol. The Morgan fingerprint density at radius 2 is 1.87 bits per heavy atom. The largest absolute Gasteiger partial charge is 0.506 e. The Kier molecular flexibility index (Phi) is 2.14. The molecule has 0 aliphatic rings. The predicted molar refractivity (Wildman–Crippen MR) is 62.1 cm³/mol. The first kappa shape index (κ1) is 9.97. The van der Waals surface area contributed by atoms with Crippen LogP contribution in [0.2, 0.25) is 0 Å². The molecule has 1 N–H and O–H groups in total. The van der Waals surface area contributed by atoms with Crippen LogP contribution in [-0.2, 0) is 5.41 Å². The molecule has 0 bridgehead atoms. The van der Waals surface area contributed by atoms with Crippen molar-refractivity contribution in [3.05, 3.63) is 36.0 Å². The average Bonchev–Trinajstić information content (AvgIpc) is 2.15. The van der Waals surface area contributed by atoms with Crippen LogP contribution in [0.4, 0.5) is 0 Å². The third-order valence-corrected chi connectivity index (χ3v) is 2.53. The van der Waals surface area contributed by atoms with E-state index in [9.17, 15) is 5.11 Å². The van der Waals surface area contributed by atoms with E-state index in [1.54, 1.807) is 6.07 Å². The summed E-state index contributed by atoms with van der Waals surface area (Å²) in [4.78, 5) is 4.15. The van der Waals surface area contributed by atoms with E-state index < -0.39 is 0 Å². The Bertz CT molecular complexity index is 497. The van der Waals surface area contributed by atoms with Gasteiger partial charge in [0.1, 0.15) is 5.75 Å². The zero-order valence-electron chi connectivity index (χ0n) is 9.28. The smallest absolute Gasteiger partial charge is 0.134 e. The Morgan fingerprint density at radius 3 is 2.53 bits per heavy atom. The first-order valence-electron chi connectivity index (χ1n) is 5.06. The van der Waals surface area contributed by atoms with Gasteiger partial charge in [0.2, 0.25) is 0 Å². The molecule has 0 radical (unpaired) electrons. The lowest BCUT2D eigenvalue weighted by atomic mass is 9.86. The normalized spacial score (nSPS) is 11.9. The minimum atomic E-state index is 0.125. The molecule has 0 unspecified atom stereocenters. The number of aromatic hydroxyl groups is 1. The van der Waals surface area contributed by atoms with Gasteiger partial charge in [0, 0.05) is 5.39 Å². The molecule has 1 aromatic heterocycles. The molecular weight excluding hydrogens is 186 g/mol. The van der Waals surface area contributed by atoms with Crippen LogP contribution in [0.1, 0.15) is 26.3 Å². The molecule has 2 rings (SSSR count). The molecule has 0 spiro atoms. The third kappa shape index (κ3) is 1.94. The van der Waals surface area contributed by atoms with Gasteiger partial charge in [0.05, 0.1) is 11.7 Å². The van der Waals surface area contributed by atoms with Crippen LogP contribution in [0.15, 0.2) is 30.5 Å². The molecule has 2 heteroatoms. The SMILES string of the molecule is CC(C)(C)c1ccc2ncc(O)cc2c1. The fourth-order valence-corrected chi connectivity index (χ4v) is 1.59. The summed E-state index contributed by atoms with van der Waals surface area (Å²) < 4.78 is 0. The summed E-state index contributed by atoms with van der Waals surface area (Å²) in [6.07, 6.45) is 1.47. The van der Waals surface area contributed by atoms with Crippen LogP contribution in [0, 0.1) is 0 Å². The van der Waals surface area contributed by atoms with Crippen LogP contribution in [0.5, 0.6) is 5.75 Å². The van der Waals surface area contributed by atoms with Gasteiger partial charge in [-0.3, -0.25) is 4.98 Å². The summed E-state index contributed by atoms with van der Waals surface area (Å²) in [6.45, 7) is 6.51. The highest BCUT2D eigenvalue weighted by atomic mass is 16.3. The van der Waals surface area contributed by atoms with Gasteiger partial charge in [-0.1, -0.05) is 26.8 Å². The molecule has 0 aliphatic heterocycles. The highest BCUT2D eigenvalue weighted by Crippen LogP contribution is 2.26. The molecule has 0 saturated carbocycles. The van der Waals surface area contributed by atoms with Crippen LogP contribution in [-0.4, -0.2) is 10.1 Å². The fraction of sp³-hybridized carbons (Fsp3) is 0.308. The molecule has 2 aromatic rings. The quantitative estimate of drug-likeness (QED) is 0.709. The molecular formula is C13H15NO. The molecule has 78 valence electrons. The van der Waals surface area contributed by atoms with E-state index >= 15 is 0 Å². The number of benzene rings is 1. The second-order valence-corrected chi connectivity index (χ2v) is 4.85. The summed E-state index contributed by atoms with van der Waals surface area (Å²) in [5.41, 5.74) is 2.29. The van der Waals surface area contributed by atoms with Crippen molar-refractivity contribution in [2.45, 2.75) is 26.2 Å². The number of hydrogen-bond acceptors (Lipinski definition) is 2. The standard InChI is InChI=1S/C13H15NO/c1-13(2,3)10-4-5-12-9(6-10)7-11(15)8-14-12/h4-8,15H,1-3H3. The van der Waals surface area contributed by atoms with E-state index in [2.05, 4.69) is 37.9 Å². The van der Waals surface area contributed by atoms with Gasteiger partial charge in [-0.15, -0.1) is 0 Å². The Labute approximate surface area is 89.6 Å². The highest BCUT2D eigenvalue weighted by molar-refractivity contribution is 5.80. The van der Waals surface area contributed by atoms with Crippen molar-refractivity contribution in [2.24, 2.45) is 0 Å². The maximum Gasteiger partial charge on any atom is 0.134 e. The van der Waals surface area contributed by atoms with Crippen LogP contribution < -0.4 is 0 Å². The molecule has 0 atom stereocenters. The topological polar surface area (TPSA) is 33.1 Å².